The highest BCUT2D eigenvalue weighted by Crippen LogP contribution is 2.60. The highest BCUT2D eigenvalue weighted by Gasteiger charge is 2.52. The Kier molecular flexibility index (Phi) is 5.88. The first-order valence-corrected chi connectivity index (χ1v) is 8.46. The molecule has 4 bridgehead atoms. The fourth-order valence-electron chi connectivity index (χ4n) is 5.60. The van der Waals surface area contributed by atoms with Gasteiger partial charge in [-0.25, -0.2) is 4.98 Å². The third-order valence-corrected chi connectivity index (χ3v) is 6.11. The summed E-state index contributed by atoms with van der Waals surface area (Å²) in [5, 5.41) is 0. The maximum absolute atomic E-state index is 11.5. The summed E-state index contributed by atoms with van der Waals surface area (Å²) in [5.74, 6) is 3.47. The fraction of sp³-hybridized carbons (Fsp3) is 0.765. The van der Waals surface area contributed by atoms with Gasteiger partial charge < -0.3 is 15.5 Å². The number of hydrogen-bond donors (Lipinski definition) is 2. The lowest BCUT2D eigenvalue weighted by molar-refractivity contribution is -0.142. The second-order valence-electron chi connectivity index (χ2n) is 7.79. The predicted octanol–water partition coefficient (Wildman–Crippen LogP) is 2.76. The van der Waals surface area contributed by atoms with Crippen molar-refractivity contribution in [3.8, 4) is 0 Å². The summed E-state index contributed by atoms with van der Waals surface area (Å²) in [7, 11) is 1.37. The van der Waals surface area contributed by atoms with E-state index in [1.807, 2.05) is 6.20 Å². The summed E-state index contributed by atoms with van der Waals surface area (Å²) < 4.78 is 4.69. The number of hydrogen-bond acceptors (Lipinski definition) is 4. The van der Waals surface area contributed by atoms with Crippen LogP contribution in [0.5, 0.6) is 0 Å². The number of carbonyl (C=O) groups is 1. The van der Waals surface area contributed by atoms with Gasteiger partial charge in [-0.1, -0.05) is 0 Å². The molecule has 0 amide bonds. The fourth-order valence-corrected chi connectivity index (χ4v) is 5.60. The van der Waals surface area contributed by atoms with Crippen molar-refractivity contribution in [3.63, 3.8) is 0 Å². The number of H-pyrrole nitrogens is 1. The molecule has 1 aromatic rings. The van der Waals surface area contributed by atoms with E-state index in [0.717, 1.165) is 29.3 Å². The summed E-state index contributed by atoms with van der Waals surface area (Å²) in [6.45, 7) is 0. The van der Waals surface area contributed by atoms with Crippen LogP contribution in [-0.2, 0) is 21.4 Å². The molecular formula is C17H27Cl2N3O2. The summed E-state index contributed by atoms with van der Waals surface area (Å²) in [6, 6.07) is -0.616. The van der Waals surface area contributed by atoms with Gasteiger partial charge in [0.15, 0.2) is 0 Å². The van der Waals surface area contributed by atoms with Crippen LogP contribution in [0.1, 0.15) is 50.0 Å². The minimum atomic E-state index is -0.616. The van der Waals surface area contributed by atoms with Crippen LogP contribution >= 0.6 is 24.8 Å². The van der Waals surface area contributed by atoms with Crippen molar-refractivity contribution in [2.75, 3.05) is 7.11 Å². The molecule has 1 heterocycles. The molecule has 0 aromatic carbocycles. The van der Waals surface area contributed by atoms with Crippen molar-refractivity contribution in [3.05, 3.63) is 17.7 Å². The zero-order valence-electron chi connectivity index (χ0n) is 14.0. The van der Waals surface area contributed by atoms with Gasteiger partial charge in [0.2, 0.25) is 0 Å². The zero-order valence-corrected chi connectivity index (χ0v) is 15.6. The van der Waals surface area contributed by atoms with Crippen LogP contribution in [-0.4, -0.2) is 29.1 Å². The Hall–Kier alpha value is -0.780. The van der Waals surface area contributed by atoms with Crippen molar-refractivity contribution in [1.82, 2.24) is 9.97 Å². The molecule has 7 heteroatoms. The first-order valence-electron chi connectivity index (χ1n) is 8.46. The second kappa shape index (κ2) is 7.22. The first kappa shape index (κ1) is 19.5. The lowest BCUT2D eigenvalue weighted by Crippen LogP contribution is -2.49. The minimum Gasteiger partial charge on any atom is -0.468 e. The zero-order chi connectivity index (χ0) is 15.3. The van der Waals surface area contributed by atoms with Gasteiger partial charge in [-0.2, -0.15) is 0 Å². The van der Waals surface area contributed by atoms with Crippen LogP contribution in [0, 0.1) is 17.8 Å². The van der Waals surface area contributed by atoms with Crippen LogP contribution in [0.3, 0.4) is 0 Å². The van der Waals surface area contributed by atoms with Gasteiger partial charge in [0.25, 0.3) is 0 Å². The normalized spacial score (nSPS) is 34.2. The van der Waals surface area contributed by atoms with E-state index in [1.165, 1.54) is 45.6 Å². The van der Waals surface area contributed by atoms with E-state index in [1.54, 1.807) is 0 Å². The van der Waals surface area contributed by atoms with E-state index in [9.17, 15) is 4.79 Å². The molecule has 5 nitrogen and oxygen atoms in total. The molecule has 1 atom stereocenters. The van der Waals surface area contributed by atoms with Gasteiger partial charge in [-0.15, -0.1) is 24.8 Å². The summed E-state index contributed by atoms with van der Waals surface area (Å²) in [6.07, 6.45) is 10.5. The van der Waals surface area contributed by atoms with E-state index < -0.39 is 6.04 Å². The molecule has 4 aliphatic rings. The van der Waals surface area contributed by atoms with Crippen molar-refractivity contribution in [2.24, 2.45) is 23.5 Å². The first-order chi connectivity index (χ1) is 10.6. The molecule has 4 fully saturated rings. The number of nitrogens with two attached hydrogens (primary N) is 1. The molecular weight excluding hydrogens is 349 g/mol. The number of aromatic nitrogens is 2. The molecule has 4 saturated carbocycles. The number of nitrogens with one attached hydrogen (secondary N) is 1. The highest BCUT2D eigenvalue weighted by molar-refractivity contribution is 5.85. The van der Waals surface area contributed by atoms with Crippen molar-refractivity contribution in [1.29, 1.82) is 0 Å². The Labute approximate surface area is 155 Å². The van der Waals surface area contributed by atoms with E-state index in [-0.39, 0.29) is 36.2 Å². The number of aromatic amines is 1. The molecule has 0 unspecified atom stereocenters. The molecule has 0 saturated heterocycles. The van der Waals surface area contributed by atoms with Crippen molar-refractivity contribution < 1.29 is 9.53 Å². The van der Waals surface area contributed by atoms with E-state index in [4.69, 9.17) is 10.5 Å². The molecule has 0 radical (unpaired) electrons. The number of methoxy groups -OCH3 is 1. The SMILES string of the molecule is COC(=O)[C@@H](N)Cc1cnc(C23CC4CC(CC(C4)C2)C3)[nH]1.Cl.Cl. The largest absolute Gasteiger partial charge is 0.468 e. The third-order valence-electron chi connectivity index (χ3n) is 6.11. The number of rotatable bonds is 4. The Morgan fingerprint density at radius 2 is 1.83 bits per heavy atom. The lowest BCUT2D eigenvalue weighted by atomic mass is 9.49. The number of nitrogens with zero attached hydrogens (tertiary/aromatic N) is 1. The average molecular weight is 376 g/mol. The molecule has 0 aliphatic heterocycles. The van der Waals surface area contributed by atoms with E-state index in [2.05, 4.69) is 9.97 Å². The molecule has 1 aromatic heterocycles. The Morgan fingerprint density at radius 1 is 1.29 bits per heavy atom. The lowest BCUT2D eigenvalue weighted by Gasteiger charge is -2.56. The molecule has 24 heavy (non-hydrogen) atoms. The predicted molar refractivity (Wildman–Crippen MR) is 96.6 cm³/mol. The molecule has 5 rings (SSSR count). The summed E-state index contributed by atoms with van der Waals surface area (Å²) in [5.41, 5.74) is 7.07. The average Bonchev–Trinajstić information content (AvgIpc) is 2.94. The second-order valence-corrected chi connectivity index (χ2v) is 7.79. The number of ether oxygens (including phenoxy) is 1. The van der Waals surface area contributed by atoms with E-state index in [0.29, 0.717) is 6.42 Å². The third kappa shape index (κ3) is 3.31. The topological polar surface area (TPSA) is 81.0 Å². The van der Waals surface area contributed by atoms with Crippen LogP contribution in [0.25, 0.3) is 0 Å². The maximum atomic E-state index is 11.5. The van der Waals surface area contributed by atoms with Gasteiger partial charge in [0, 0.05) is 23.7 Å². The van der Waals surface area contributed by atoms with Crippen LogP contribution in [0.2, 0.25) is 0 Å². The number of imidazole rings is 1. The van der Waals surface area contributed by atoms with Gasteiger partial charge in [0.05, 0.1) is 7.11 Å². The Balaban J connectivity index is 0.00000104. The van der Waals surface area contributed by atoms with Gasteiger partial charge in [0.1, 0.15) is 11.9 Å². The van der Waals surface area contributed by atoms with Gasteiger partial charge in [-0.05, 0) is 56.3 Å². The molecule has 3 N–H and O–H groups in total. The number of carbonyl (C=O) groups excluding carboxylic acids is 1. The Bertz CT molecular complexity index is 555. The van der Waals surface area contributed by atoms with Gasteiger partial charge in [-0.3, -0.25) is 4.79 Å². The summed E-state index contributed by atoms with van der Waals surface area (Å²) >= 11 is 0. The molecule has 0 spiro atoms. The number of esters is 1. The van der Waals surface area contributed by atoms with Crippen molar-refractivity contribution in [2.45, 2.75) is 56.4 Å². The van der Waals surface area contributed by atoms with Crippen LogP contribution in [0.4, 0.5) is 0 Å². The van der Waals surface area contributed by atoms with Crippen LogP contribution < -0.4 is 5.73 Å². The Morgan fingerprint density at radius 3 is 2.33 bits per heavy atom. The van der Waals surface area contributed by atoms with Crippen molar-refractivity contribution >= 4 is 30.8 Å². The number of halogens is 2. The molecule has 136 valence electrons. The minimum absolute atomic E-state index is 0. The monoisotopic (exact) mass is 375 g/mol. The quantitative estimate of drug-likeness (QED) is 0.792. The maximum Gasteiger partial charge on any atom is 0.323 e. The smallest absolute Gasteiger partial charge is 0.323 e. The highest BCUT2D eigenvalue weighted by atomic mass is 35.5. The molecule has 4 aliphatic carbocycles. The standard InChI is InChI=1S/C17H25N3O2.2ClH/c1-22-15(21)14(18)5-13-9-19-16(20-13)17-6-10-2-11(7-17)4-12(3-10)8-17;;/h9-12,14H,2-8,18H2,1H3,(H,19,20);2*1H/t10?,11?,12?,14-,17?;;/m0../s1. The van der Waals surface area contributed by atoms with Crippen LogP contribution in [0.15, 0.2) is 6.20 Å². The van der Waals surface area contributed by atoms with Gasteiger partial charge >= 0.3 is 5.97 Å². The summed E-state index contributed by atoms with van der Waals surface area (Å²) in [4.78, 5) is 19.6. The van der Waals surface area contributed by atoms with E-state index >= 15 is 0 Å².